The summed E-state index contributed by atoms with van der Waals surface area (Å²) in [6.07, 6.45) is 3.04. The lowest BCUT2D eigenvalue weighted by Gasteiger charge is -2.12. The number of hydrogen-bond donors (Lipinski definition) is 3. The molecule has 3 N–H and O–H groups in total. The Labute approximate surface area is 132 Å². The second-order valence-corrected chi connectivity index (χ2v) is 5.18. The molecule has 1 atom stereocenters. The topological polar surface area (TPSA) is 109 Å². The first-order chi connectivity index (χ1) is 11.1. The highest BCUT2D eigenvalue weighted by molar-refractivity contribution is 5.93. The minimum absolute atomic E-state index is 0.116. The fourth-order valence-electron chi connectivity index (χ4n) is 2.22. The van der Waals surface area contributed by atoms with Crippen molar-refractivity contribution in [1.82, 2.24) is 30.3 Å². The van der Waals surface area contributed by atoms with Gasteiger partial charge < -0.3 is 10.4 Å². The van der Waals surface area contributed by atoms with Crippen molar-refractivity contribution >= 4 is 5.91 Å². The summed E-state index contributed by atoms with van der Waals surface area (Å²) in [7, 11) is 0. The number of rotatable bonds is 5. The summed E-state index contributed by atoms with van der Waals surface area (Å²) in [5.41, 5.74) is 1.41. The molecule has 1 aromatic carbocycles. The third-order valence-electron chi connectivity index (χ3n) is 3.31. The van der Waals surface area contributed by atoms with Gasteiger partial charge in [0, 0.05) is 11.6 Å². The molecule has 2 heterocycles. The van der Waals surface area contributed by atoms with Crippen molar-refractivity contribution in [3.05, 3.63) is 48.7 Å². The van der Waals surface area contributed by atoms with E-state index in [1.807, 2.05) is 6.92 Å². The van der Waals surface area contributed by atoms with Crippen LogP contribution in [0.3, 0.4) is 0 Å². The lowest BCUT2D eigenvalue weighted by molar-refractivity contribution is 0.0931. The van der Waals surface area contributed by atoms with Crippen LogP contribution in [0.4, 0.5) is 0 Å². The van der Waals surface area contributed by atoms with Gasteiger partial charge in [-0.1, -0.05) is 12.1 Å². The van der Waals surface area contributed by atoms with Crippen molar-refractivity contribution in [2.45, 2.75) is 19.5 Å². The zero-order valence-corrected chi connectivity index (χ0v) is 12.5. The average Bonchev–Trinajstić information content (AvgIpc) is 3.19. The van der Waals surface area contributed by atoms with Crippen molar-refractivity contribution in [2.24, 2.45) is 0 Å². The molecule has 0 fully saturated rings. The van der Waals surface area contributed by atoms with Crippen molar-refractivity contribution in [2.75, 3.05) is 0 Å². The van der Waals surface area contributed by atoms with Gasteiger partial charge in [-0.3, -0.25) is 14.6 Å². The number of aromatic hydroxyl groups is 1. The summed E-state index contributed by atoms with van der Waals surface area (Å²) in [5.74, 6) is -0.155. The molecule has 0 saturated carbocycles. The van der Waals surface area contributed by atoms with Gasteiger partial charge in [0.2, 0.25) is 0 Å². The Morgan fingerprint density at radius 2 is 2.26 bits per heavy atom. The Morgan fingerprint density at radius 1 is 1.43 bits per heavy atom. The number of amides is 1. The Bertz CT molecular complexity index is 796. The predicted molar refractivity (Wildman–Crippen MR) is 82.6 cm³/mol. The van der Waals surface area contributed by atoms with E-state index in [4.69, 9.17) is 0 Å². The molecule has 1 amide bonds. The van der Waals surface area contributed by atoms with Gasteiger partial charge in [0.15, 0.2) is 0 Å². The highest BCUT2D eigenvalue weighted by atomic mass is 16.3. The molecule has 8 heteroatoms. The molecule has 0 aliphatic heterocycles. The molecule has 0 radical (unpaired) electrons. The molecular weight excluding hydrogens is 296 g/mol. The maximum absolute atomic E-state index is 12.2. The van der Waals surface area contributed by atoms with Gasteiger partial charge in [-0.15, -0.1) is 0 Å². The van der Waals surface area contributed by atoms with Crippen molar-refractivity contribution < 1.29 is 9.90 Å². The van der Waals surface area contributed by atoms with Crippen LogP contribution in [0.5, 0.6) is 5.75 Å². The van der Waals surface area contributed by atoms with Gasteiger partial charge >= 0.3 is 0 Å². The molecule has 2 aromatic heterocycles. The number of para-hydroxylation sites is 1. The molecule has 0 aliphatic carbocycles. The molecule has 118 valence electrons. The lowest BCUT2D eigenvalue weighted by Crippen LogP contribution is -2.36. The van der Waals surface area contributed by atoms with Crippen LogP contribution in [-0.4, -0.2) is 42.0 Å². The van der Waals surface area contributed by atoms with Crippen LogP contribution >= 0.6 is 0 Å². The summed E-state index contributed by atoms with van der Waals surface area (Å²) in [6, 6.07) is 8.31. The van der Waals surface area contributed by atoms with E-state index in [1.54, 1.807) is 41.3 Å². The van der Waals surface area contributed by atoms with Gasteiger partial charge in [0.25, 0.3) is 5.91 Å². The van der Waals surface area contributed by atoms with Gasteiger partial charge in [-0.05, 0) is 25.1 Å². The number of nitrogens with one attached hydrogen (secondary N) is 2. The van der Waals surface area contributed by atoms with E-state index in [-0.39, 0.29) is 17.7 Å². The second-order valence-electron chi connectivity index (χ2n) is 5.18. The van der Waals surface area contributed by atoms with Gasteiger partial charge in [-0.25, -0.2) is 4.98 Å². The number of benzene rings is 1. The first-order valence-electron chi connectivity index (χ1n) is 7.10. The first-order valence-corrected chi connectivity index (χ1v) is 7.10. The van der Waals surface area contributed by atoms with E-state index < -0.39 is 0 Å². The number of hydrogen-bond acceptors (Lipinski definition) is 5. The molecule has 0 unspecified atom stereocenters. The van der Waals surface area contributed by atoms with E-state index in [1.165, 1.54) is 6.33 Å². The number of aromatic nitrogens is 5. The van der Waals surface area contributed by atoms with Crippen molar-refractivity contribution in [1.29, 1.82) is 0 Å². The van der Waals surface area contributed by atoms with Gasteiger partial charge in [-0.2, -0.15) is 10.2 Å². The molecule has 3 rings (SSSR count). The van der Waals surface area contributed by atoms with Crippen LogP contribution in [0.1, 0.15) is 17.4 Å². The number of H-pyrrole nitrogens is 1. The minimum atomic E-state index is -0.271. The fourth-order valence-corrected chi connectivity index (χ4v) is 2.22. The van der Waals surface area contributed by atoms with Crippen molar-refractivity contribution in [3.8, 4) is 17.0 Å². The molecule has 23 heavy (non-hydrogen) atoms. The maximum atomic E-state index is 12.2. The predicted octanol–water partition coefficient (Wildman–Crippen LogP) is 1.19. The molecule has 8 nitrogen and oxygen atoms in total. The van der Waals surface area contributed by atoms with E-state index in [9.17, 15) is 9.90 Å². The zero-order chi connectivity index (χ0) is 16.2. The first kappa shape index (κ1) is 14.8. The Morgan fingerprint density at radius 3 is 3.00 bits per heavy atom. The normalized spacial score (nSPS) is 12.0. The number of carbonyl (C=O) groups excluding carboxylic acids is 1. The lowest BCUT2D eigenvalue weighted by atomic mass is 10.1. The van der Waals surface area contributed by atoms with E-state index >= 15 is 0 Å². The summed E-state index contributed by atoms with van der Waals surface area (Å²) < 4.78 is 1.64. The van der Waals surface area contributed by atoms with Crippen LogP contribution in [0.2, 0.25) is 0 Å². The number of aromatic amines is 1. The molecule has 0 bridgehead atoms. The molecule has 3 aromatic rings. The average molecular weight is 312 g/mol. The third kappa shape index (κ3) is 3.37. The molecule has 0 aliphatic rings. The summed E-state index contributed by atoms with van der Waals surface area (Å²) in [5, 5.41) is 23.4. The number of nitrogens with zero attached hydrogens (tertiary/aromatic N) is 4. The van der Waals surface area contributed by atoms with Crippen LogP contribution in [0.15, 0.2) is 43.0 Å². The number of phenolic OH excluding ortho intramolecular Hbond substituents is 1. The highest BCUT2D eigenvalue weighted by Gasteiger charge is 2.15. The van der Waals surface area contributed by atoms with E-state index in [0.717, 1.165) is 0 Å². The minimum Gasteiger partial charge on any atom is -0.507 e. The van der Waals surface area contributed by atoms with E-state index in [0.29, 0.717) is 23.5 Å². The van der Waals surface area contributed by atoms with Crippen LogP contribution in [-0.2, 0) is 6.54 Å². The third-order valence-corrected chi connectivity index (χ3v) is 3.31. The number of carbonyl (C=O) groups is 1. The Hall–Kier alpha value is -3.16. The van der Waals surface area contributed by atoms with Gasteiger partial charge in [0.1, 0.15) is 24.1 Å². The largest absolute Gasteiger partial charge is 0.507 e. The Balaban J connectivity index is 1.68. The van der Waals surface area contributed by atoms with Crippen molar-refractivity contribution in [3.63, 3.8) is 0 Å². The second kappa shape index (κ2) is 6.30. The van der Waals surface area contributed by atoms with E-state index in [2.05, 4.69) is 25.6 Å². The molecule has 0 saturated heterocycles. The summed E-state index contributed by atoms with van der Waals surface area (Å²) in [6.45, 7) is 2.39. The quantitative estimate of drug-likeness (QED) is 0.656. The monoisotopic (exact) mass is 312 g/mol. The fraction of sp³-hybridized carbons (Fsp3) is 0.200. The smallest absolute Gasteiger partial charge is 0.269 e. The molecular formula is C15H16N6O2. The summed E-state index contributed by atoms with van der Waals surface area (Å²) >= 11 is 0. The SMILES string of the molecule is C[C@H](Cn1cncn1)NC(=O)c1cc(-c2ccccc2O)n[nH]1. The molecule has 0 spiro atoms. The number of phenols is 1. The van der Waals surface area contributed by atoms with Gasteiger partial charge in [0.05, 0.1) is 12.2 Å². The standard InChI is InChI=1S/C15H16N6O2/c1-10(7-21-9-16-8-17-21)18-15(23)13-6-12(19-20-13)11-4-2-3-5-14(11)22/h2-6,8-10,22H,7H2,1H3,(H,18,23)(H,19,20)/t10-/m1/s1. The van der Waals surface area contributed by atoms with Crippen LogP contribution < -0.4 is 5.32 Å². The maximum Gasteiger partial charge on any atom is 0.269 e. The van der Waals surface area contributed by atoms with Crippen LogP contribution in [0, 0.1) is 0 Å². The summed E-state index contributed by atoms with van der Waals surface area (Å²) in [4.78, 5) is 16.1. The Kier molecular flexibility index (Phi) is 4.05. The van der Waals surface area contributed by atoms with Crippen LogP contribution in [0.25, 0.3) is 11.3 Å². The highest BCUT2D eigenvalue weighted by Crippen LogP contribution is 2.27. The zero-order valence-electron chi connectivity index (χ0n) is 12.5.